The number of nitrogens with zero attached hydrogens (tertiary/aromatic N) is 2. The molecular formula is C10H15N3O3. The van der Waals surface area contributed by atoms with Gasteiger partial charge in [-0.3, -0.25) is 9.48 Å². The van der Waals surface area contributed by atoms with E-state index in [0.29, 0.717) is 13.0 Å². The largest absolute Gasteiger partial charge is 0.476 e. The lowest BCUT2D eigenvalue weighted by Gasteiger charge is -2.07. The molecule has 1 aromatic rings. The summed E-state index contributed by atoms with van der Waals surface area (Å²) < 4.78 is 1.45. The SMILES string of the molecule is CC(C)NC(=O)CCn1ccc(C(=O)O)n1. The van der Waals surface area contributed by atoms with Crippen LogP contribution in [0, 0.1) is 0 Å². The monoisotopic (exact) mass is 225 g/mol. The van der Waals surface area contributed by atoms with Gasteiger partial charge in [-0.1, -0.05) is 0 Å². The van der Waals surface area contributed by atoms with E-state index in [1.165, 1.54) is 10.7 Å². The van der Waals surface area contributed by atoms with Gasteiger partial charge in [0.2, 0.25) is 5.91 Å². The number of aromatic carboxylic acids is 1. The van der Waals surface area contributed by atoms with E-state index in [9.17, 15) is 9.59 Å². The predicted molar refractivity (Wildman–Crippen MR) is 57.1 cm³/mol. The fraction of sp³-hybridized carbons (Fsp3) is 0.500. The number of hydrogen-bond donors (Lipinski definition) is 2. The fourth-order valence-electron chi connectivity index (χ4n) is 1.21. The van der Waals surface area contributed by atoms with Crippen molar-refractivity contribution in [1.29, 1.82) is 0 Å². The quantitative estimate of drug-likeness (QED) is 0.764. The first-order valence-corrected chi connectivity index (χ1v) is 5.05. The summed E-state index contributed by atoms with van der Waals surface area (Å²) in [6.07, 6.45) is 1.84. The second kappa shape index (κ2) is 5.29. The summed E-state index contributed by atoms with van der Waals surface area (Å²) in [5, 5.41) is 15.2. The number of carbonyl (C=O) groups excluding carboxylic acids is 1. The van der Waals surface area contributed by atoms with Gasteiger partial charge in [-0.15, -0.1) is 0 Å². The number of amides is 1. The van der Waals surface area contributed by atoms with Crippen LogP contribution in [0.2, 0.25) is 0 Å². The Morgan fingerprint density at radius 3 is 2.75 bits per heavy atom. The van der Waals surface area contributed by atoms with E-state index in [0.717, 1.165) is 0 Å². The fourth-order valence-corrected chi connectivity index (χ4v) is 1.21. The molecule has 6 nitrogen and oxygen atoms in total. The maximum atomic E-state index is 11.3. The summed E-state index contributed by atoms with van der Waals surface area (Å²) in [6, 6.07) is 1.52. The Balaban J connectivity index is 2.42. The van der Waals surface area contributed by atoms with Crippen LogP contribution in [0.4, 0.5) is 0 Å². The van der Waals surface area contributed by atoms with Crippen LogP contribution in [0.5, 0.6) is 0 Å². The van der Waals surface area contributed by atoms with Crippen LogP contribution in [0.1, 0.15) is 30.8 Å². The van der Waals surface area contributed by atoms with Crippen LogP contribution in [-0.2, 0) is 11.3 Å². The van der Waals surface area contributed by atoms with Gasteiger partial charge in [0.05, 0.1) is 0 Å². The summed E-state index contributed by atoms with van der Waals surface area (Å²) >= 11 is 0. The maximum absolute atomic E-state index is 11.3. The lowest BCUT2D eigenvalue weighted by Crippen LogP contribution is -2.30. The molecule has 1 rings (SSSR count). The van der Waals surface area contributed by atoms with E-state index in [-0.39, 0.29) is 17.6 Å². The Labute approximate surface area is 93.3 Å². The second-order valence-electron chi connectivity index (χ2n) is 3.74. The minimum Gasteiger partial charge on any atom is -0.476 e. The zero-order chi connectivity index (χ0) is 12.1. The van der Waals surface area contributed by atoms with E-state index < -0.39 is 5.97 Å². The number of carboxylic acid groups (broad SMARTS) is 1. The molecule has 0 saturated carbocycles. The zero-order valence-electron chi connectivity index (χ0n) is 9.30. The molecule has 0 aliphatic heterocycles. The molecular weight excluding hydrogens is 210 g/mol. The van der Waals surface area contributed by atoms with Gasteiger partial charge in [-0.05, 0) is 19.9 Å². The van der Waals surface area contributed by atoms with Gasteiger partial charge >= 0.3 is 5.97 Å². The highest BCUT2D eigenvalue weighted by Gasteiger charge is 2.08. The number of aromatic nitrogens is 2. The van der Waals surface area contributed by atoms with Crippen molar-refractivity contribution in [2.45, 2.75) is 32.9 Å². The number of aryl methyl sites for hydroxylation is 1. The second-order valence-corrected chi connectivity index (χ2v) is 3.74. The average Bonchev–Trinajstić information content (AvgIpc) is 2.61. The number of hydrogen-bond acceptors (Lipinski definition) is 3. The average molecular weight is 225 g/mol. The van der Waals surface area contributed by atoms with E-state index in [1.54, 1.807) is 6.20 Å². The summed E-state index contributed by atoms with van der Waals surface area (Å²) in [6.45, 7) is 4.15. The molecule has 2 N–H and O–H groups in total. The Hall–Kier alpha value is -1.85. The van der Waals surface area contributed by atoms with Gasteiger partial charge < -0.3 is 10.4 Å². The van der Waals surface area contributed by atoms with Gasteiger partial charge in [0.25, 0.3) is 0 Å². The topological polar surface area (TPSA) is 84.2 Å². The van der Waals surface area contributed by atoms with Gasteiger partial charge in [0.1, 0.15) is 0 Å². The number of rotatable bonds is 5. The van der Waals surface area contributed by atoms with E-state index in [1.807, 2.05) is 13.8 Å². The lowest BCUT2D eigenvalue weighted by molar-refractivity contribution is -0.121. The van der Waals surface area contributed by atoms with Crippen molar-refractivity contribution >= 4 is 11.9 Å². The van der Waals surface area contributed by atoms with Gasteiger partial charge in [0.15, 0.2) is 5.69 Å². The van der Waals surface area contributed by atoms with Crippen molar-refractivity contribution < 1.29 is 14.7 Å². The number of carbonyl (C=O) groups is 2. The zero-order valence-corrected chi connectivity index (χ0v) is 9.30. The third-order valence-electron chi connectivity index (χ3n) is 1.88. The third-order valence-corrected chi connectivity index (χ3v) is 1.88. The molecule has 0 spiro atoms. The Kier molecular flexibility index (Phi) is 4.04. The van der Waals surface area contributed by atoms with Gasteiger partial charge in [0, 0.05) is 25.2 Å². The molecule has 0 atom stereocenters. The highest BCUT2D eigenvalue weighted by molar-refractivity contribution is 5.85. The van der Waals surface area contributed by atoms with Crippen LogP contribution < -0.4 is 5.32 Å². The minimum atomic E-state index is -1.06. The van der Waals surface area contributed by atoms with Gasteiger partial charge in [-0.25, -0.2) is 4.79 Å². The van der Waals surface area contributed by atoms with Crippen LogP contribution in [-0.4, -0.2) is 32.8 Å². The summed E-state index contributed by atoms with van der Waals surface area (Å²) in [7, 11) is 0. The molecule has 1 heterocycles. The van der Waals surface area contributed by atoms with Crippen molar-refractivity contribution in [2.75, 3.05) is 0 Å². The molecule has 0 fully saturated rings. The van der Waals surface area contributed by atoms with Crippen molar-refractivity contribution in [3.05, 3.63) is 18.0 Å². The van der Waals surface area contributed by atoms with Crippen LogP contribution >= 0.6 is 0 Å². The van der Waals surface area contributed by atoms with E-state index in [4.69, 9.17) is 5.11 Å². The first-order valence-electron chi connectivity index (χ1n) is 5.05. The molecule has 0 aliphatic rings. The molecule has 6 heteroatoms. The lowest BCUT2D eigenvalue weighted by atomic mass is 10.3. The van der Waals surface area contributed by atoms with E-state index >= 15 is 0 Å². The molecule has 0 radical (unpaired) electrons. The molecule has 1 aromatic heterocycles. The van der Waals surface area contributed by atoms with Crippen molar-refractivity contribution in [1.82, 2.24) is 15.1 Å². The molecule has 0 aromatic carbocycles. The maximum Gasteiger partial charge on any atom is 0.356 e. The summed E-state index contributed by atoms with van der Waals surface area (Å²) in [4.78, 5) is 21.8. The minimum absolute atomic E-state index is 0.00994. The first-order chi connectivity index (χ1) is 7.49. The van der Waals surface area contributed by atoms with Crippen molar-refractivity contribution in [3.63, 3.8) is 0 Å². The van der Waals surface area contributed by atoms with E-state index in [2.05, 4.69) is 10.4 Å². The summed E-state index contributed by atoms with van der Waals surface area (Å²) in [5.74, 6) is -1.13. The number of carboxylic acids is 1. The molecule has 88 valence electrons. The molecule has 0 saturated heterocycles. The number of nitrogens with one attached hydrogen (secondary N) is 1. The molecule has 1 amide bonds. The summed E-state index contributed by atoms with van der Waals surface area (Å²) in [5.41, 5.74) is -0.00994. The molecule has 0 unspecified atom stereocenters. The third kappa shape index (κ3) is 3.72. The molecule has 0 aliphatic carbocycles. The Morgan fingerprint density at radius 2 is 2.25 bits per heavy atom. The van der Waals surface area contributed by atoms with Gasteiger partial charge in [-0.2, -0.15) is 5.10 Å². The first kappa shape index (κ1) is 12.2. The highest BCUT2D eigenvalue weighted by atomic mass is 16.4. The predicted octanol–water partition coefficient (Wildman–Crippen LogP) is 0.496. The van der Waals surface area contributed by atoms with Crippen molar-refractivity contribution in [2.24, 2.45) is 0 Å². The molecule has 0 bridgehead atoms. The Morgan fingerprint density at radius 1 is 1.56 bits per heavy atom. The standard InChI is InChI=1S/C10H15N3O3/c1-7(2)11-9(14)4-6-13-5-3-8(12-13)10(15)16/h3,5,7H,4,6H2,1-2H3,(H,11,14)(H,15,16). The van der Waals surface area contributed by atoms with Crippen molar-refractivity contribution in [3.8, 4) is 0 Å². The molecule has 16 heavy (non-hydrogen) atoms. The highest BCUT2D eigenvalue weighted by Crippen LogP contribution is 1.97. The normalized spacial score (nSPS) is 10.4. The Bertz CT molecular complexity index is 384. The van der Waals surface area contributed by atoms with Crippen LogP contribution in [0.15, 0.2) is 12.3 Å². The van der Waals surface area contributed by atoms with Crippen LogP contribution in [0.25, 0.3) is 0 Å². The van der Waals surface area contributed by atoms with Crippen LogP contribution in [0.3, 0.4) is 0 Å². The smallest absolute Gasteiger partial charge is 0.356 e.